The molecule has 1 amide bonds. The summed E-state index contributed by atoms with van der Waals surface area (Å²) in [7, 11) is 0. The Kier molecular flexibility index (Phi) is 5.07. The molecule has 3 N–H and O–H groups in total. The molecule has 5 atom stereocenters. The third kappa shape index (κ3) is 2.97. The number of carbonyl (C=O) groups is 1. The molecule has 3 rings (SSSR count). The average molecular weight is 331 g/mol. The zero-order chi connectivity index (χ0) is 15.1. The molecule has 0 heterocycles. The van der Waals surface area contributed by atoms with E-state index >= 15 is 0 Å². The molecule has 122 valence electrons. The summed E-state index contributed by atoms with van der Waals surface area (Å²) in [6, 6.07) is 3.27. The van der Waals surface area contributed by atoms with E-state index in [1.807, 2.05) is 0 Å². The van der Waals surface area contributed by atoms with E-state index < -0.39 is 11.6 Å². The fraction of sp³-hybridized carbons (Fsp3) is 0.562. The largest absolute Gasteiger partial charge is 0.349 e. The Hall–Kier alpha value is -1.20. The van der Waals surface area contributed by atoms with Gasteiger partial charge in [-0.15, -0.1) is 12.4 Å². The Labute approximate surface area is 135 Å². The number of nitrogens with one attached hydrogen (secondary N) is 1. The van der Waals surface area contributed by atoms with E-state index in [2.05, 4.69) is 5.32 Å². The minimum Gasteiger partial charge on any atom is -0.349 e. The smallest absolute Gasteiger partial charge is 0.225 e. The summed E-state index contributed by atoms with van der Waals surface area (Å²) in [5.41, 5.74) is 6.71. The van der Waals surface area contributed by atoms with Crippen LogP contribution in [0.1, 0.15) is 37.8 Å². The van der Waals surface area contributed by atoms with Crippen LogP contribution in [0, 0.1) is 29.4 Å². The van der Waals surface area contributed by atoms with Gasteiger partial charge in [-0.2, -0.15) is 0 Å². The fourth-order valence-corrected chi connectivity index (χ4v) is 3.90. The highest BCUT2D eigenvalue weighted by atomic mass is 35.5. The zero-order valence-electron chi connectivity index (χ0n) is 12.4. The Morgan fingerprint density at radius 1 is 1.27 bits per heavy atom. The lowest BCUT2D eigenvalue weighted by molar-refractivity contribution is -0.127. The van der Waals surface area contributed by atoms with Crippen molar-refractivity contribution in [1.82, 2.24) is 5.32 Å². The van der Waals surface area contributed by atoms with Gasteiger partial charge in [0.2, 0.25) is 5.91 Å². The van der Waals surface area contributed by atoms with E-state index in [1.54, 1.807) is 6.92 Å². The van der Waals surface area contributed by atoms with E-state index in [9.17, 15) is 13.6 Å². The maximum atomic E-state index is 13.3. The molecule has 5 unspecified atom stereocenters. The van der Waals surface area contributed by atoms with E-state index in [-0.39, 0.29) is 36.3 Å². The quantitative estimate of drug-likeness (QED) is 0.895. The first-order valence-electron chi connectivity index (χ1n) is 7.48. The summed E-state index contributed by atoms with van der Waals surface area (Å²) >= 11 is 0. The Balaban J connectivity index is 0.00000176. The first kappa shape index (κ1) is 17.2. The molecule has 0 aliphatic heterocycles. The van der Waals surface area contributed by atoms with E-state index in [1.165, 1.54) is 6.07 Å². The van der Waals surface area contributed by atoms with Gasteiger partial charge in [0.25, 0.3) is 0 Å². The molecule has 1 aromatic carbocycles. The molecule has 2 aliphatic carbocycles. The van der Waals surface area contributed by atoms with Crippen molar-refractivity contribution in [3.63, 3.8) is 0 Å². The number of carbonyl (C=O) groups excluding carboxylic acids is 1. The minimum atomic E-state index is -0.898. The van der Waals surface area contributed by atoms with Gasteiger partial charge in [-0.3, -0.25) is 4.79 Å². The summed E-state index contributed by atoms with van der Waals surface area (Å²) in [5.74, 6) is -1.15. The number of nitrogens with two attached hydrogens (primary N) is 1. The molecule has 2 saturated carbocycles. The van der Waals surface area contributed by atoms with Gasteiger partial charge in [0.05, 0.1) is 12.0 Å². The monoisotopic (exact) mass is 330 g/mol. The number of hydrogen-bond acceptors (Lipinski definition) is 2. The minimum absolute atomic E-state index is 0. The van der Waals surface area contributed by atoms with Gasteiger partial charge in [0.15, 0.2) is 11.6 Å². The summed E-state index contributed by atoms with van der Waals surface area (Å²) < 4.78 is 26.2. The zero-order valence-corrected chi connectivity index (χ0v) is 13.2. The number of rotatable bonds is 3. The standard InChI is InChI=1S/C16H20F2N2O.ClH/c1-8(9-4-5-12(17)13(18)7-9)20-16(21)14-10-2-3-11(6-10)15(14)19;/h4-5,7-8,10-11,14-15H,2-3,6,19H2,1H3,(H,20,21);1H. The van der Waals surface area contributed by atoms with E-state index in [0.29, 0.717) is 17.4 Å². The first-order chi connectivity index (χ1) is 9.97. The second-order valence-electron chi connectivity index (χ2n) is 6.34. The number of hydrogen-bond donors (Lipinski definition) is 2. The van der Waals surface area contributed by atoms with Crippen LogP contribution in [0.15, 0.2) is 18.2 Å². The van der Waals surface area contributed by atoms with Gasteiger partial charge in [0.1, 0.15) is 0 Å². The van der Waals surface area contributed by atoms with Gasteiger partial charge < -0.3 is 11.1 Å². The molecule has 2 fully saturated rings. The summed E-state index contributed by atoms with van der Waals surface area (Å²) in [4.78, 5) is 12.4. The van der Waals surface area contributed by atoms with E-state index in [4.69, 9.17) is 5.73 Å². The SMILES string of the molecule is CC(NC(=O)C1C2CCC(C2)C1N)c1ccc(F)c(F)c1.Cl. The molecule has 22 heavy (non-hydrogen) atoms. The highest BCUT2D eigenvalue weighted by Crippen LogP contribution is 2.47. The van der Waals surface area contributed by atoms with Crippen molar-refractivity contribution in [3.05, 3.63) is 35.4 Å². The number of benzene rings is 1. The van der Waals surface area contributed by atoms with Crippen molar-refractivity contribution in [2.75, 3.05) is 0 Å². The van der Waals surface area contributed by atoms with Crippen molar-refractivity contribution in [1.29, 1.82) is 0 Å². The molecule has 0 aromatic heterocycles. The average Bonchev–Trinajstić information content (AvgIpc) is 3.02. The summed E-state index contributed by atoms with van der Waals surface area (Å²) in [6.45, 7) is 1.77. The second-order valence-corrected chi connectivity index (χ2v) is 6.34. The van der Waals surface area contributed by atoms with Crippen molar-refractivity contribution in [3.8, 4) is 0 Å². The van der Waals surface area contributed by atoms with Crippen molar-refractivity contribution in [2.24, 2.45) is 23.5 Å². The van der Waals surface area contributed by atoms with Crippen molar-refractivity contribution >= 4 is 18.3 Å². The summed E-state index contributed by atoms with van der Waals surface area (Å²) in [6.07, 6.45) is 3.23. The fourth-order valence-electron chi connectivity index (χ4n) is 3.90. The Morgan fingerprint density at radius 2 is 1.95 bits per heavy atom. The molecule has 3 nitrogen and oxygen atoms in total. The van der Waals surface area contributed by atoms with Gasteiger partial charge in [0, 0.05) is 6.04 Å². The van der Waals surface area contributed by atoms with E-state index in [0.717, 1.165) is 31.4 Å². The van der Waals surface area contributed by atoms with Gasteiger partial charge in [-0.25, -0.2) is 8.78 Å². The molecule has 2 aliphatic rings. The lowest BCUT2D eigenvalue weighted by Crippen LogP contribution is -2.45. The van der Waals surface area contributed by atoms with Gasteiger partial charge in [-0.05, 0) is 55.7 Å². The molecular formula is C16H21ClF2N2O. The lowest BCUT2D eigenvalue weighted by Gasteiger charge is -2.28. The second kappa shape index (κ2) is 6.50. The predicted octanol–water partition coefficient (Wildman–Crippen LogP) is 2.94. The molecule has 0 spiro atoms. The molecule has 2 bridgehead atoms. The van der Waals surface area contributed by atoms with Crippen LogP contribution in [-0.2, 0) is 4.79 Å². The number of fused-ring (bicyclic) bond motifs is 2. The molecular weight excluding hydrogens is 310 g/mol. The Morgan fingerprint density at radius 3 is 2.55 bits per heavy atom. The van der Waals surface area contributed by atoms with Crippen LogP contribution in [0.2, 0.25) is 0 Å². The predicted molar refractivity (Wildman–Crippen MR) is 82.5 cm³/mol. The molecule has 1 aromatic rings. The first-order valence-corrected chi connectivity index (χ1v) is 7.48. The maximum absolute atomic E-state index is 13.3. The normalized spacial score (nSPS) is 30.7. The van der Waals surface area contributed by atoms with Gasteiger partial charge >= 0.3 is 0 Å². The van der Waals surface area contributed by atoms with Crippen LogP contribution in [-0.4, -0.2) is 11.9 Å². The molecule has 6 heteroatoms. The Bertz CT molecular complexity index is 567. The molecule has 0 radical (unpaired) electrons. The lowest BCUT2D eigenvalue weighted by atomic mass is 9.84. The maximum Gasteiger partial charge on any atom is 0.225 e. The highest BCUT2D eigenvalue weighted by Gasteiger charge is 2.49. The van der Waals surface area contributed by atoms with Crippen LogP contribution in [0.4, 0.5) is 8.78 Å². The third-order valence-electron chi connectivity index (χ3n) is 5.09. The molecule has 0 saturated heterocycles. The van der Waals surface area contributed by atoms with Crippen LogP contribution in [0.5, 0.6) is 0 Å². The van der Waals surface area contributed by atoms with Crippen LogP contribution < -0.4 is 11.1 Å². The van der Waals surface area contributed by atoms with Gasteiger partial charge in [-0.1, -0.05) is 6.07 Å². The van der Waals surface area contributed by atoms with Crippen molar-refractivity contribution < 1.29 is 13.6 Å². The number of halogens is 3. The topological polar surface area (TPSA) is 55.1 Å². The van der Waals surface area contributed by atoms with Crippen LogP contribution in [0.25, 0.3) is 0 Å². The highest BCUT2D eigenvalue weighted by molar-refractivity contribution is 5.85. The third-order valence-corrected chi connectivity index (χ3v) is 5.09. The summed E-state index contributed by atoms with van der Waals surface area (Å²) in [5, 5.41) is 2.89. The van der Waals surface area contributed by atoms with Crippen LogP contribution >= 0.6 is 12.4 Å². The van der Waals surface area contributed by atoms with Crippen molar-refractivity contribution in [2.45, 2.75) is 38.3 Å². The number of amides is 1. The van der Waals surface area contributed by atoms with Crippen LogP contribution in [0.3, 0.4) is 0 Å².